The lowest BCUT2D eigenvalue weighted by Gasteiger charge is -2.38. The van der Waals surface area contributed by atoms with E-state index in [1.54, 1.807) is 0 Å². The number of nitrogens with one attached hydrogen (secondary N) is 1. The number of hydrogen-bond acceptors (Lipinski definition) is 4. The number of ether oxygens (including phenoxy) is 1. The van der Waals surface area contributed by atoms with Crippen molar-refractivity contribution in [3.8, 4) is 0 Å². The van der Waals surface area contributed by atoms with Gasteiger partial charge in [0, 0.05) is 26.3 Å². The Kier molecular flexibility index (Phi) is 4.60. The van der Waals surface area contributed by atoms with Gasteiger partial charge >= 0.3 is 0 Å². The summed E-state index contributed by atoms with van der Waals surface area (Å²) in [4.78, 5) is 0. The highest BCUT2D eigenvalue weighted by atomic mass is 32.2. The zero-order valence-electron chi connectivity index (χ0n) is 10.6. The van der Waals surface area contributed by atoms with Gasteiger partial charge in [-0.05, 0) is 25.7 Å². The highest BCUT2D eigenvalue weighted by Crippen LogP contribution is 2.23. The fourth-order valence-electron chi connectivity index (χ4n) is 2.50. The van der Waals surface area contributed by atoms with E-state index in [1.807, 2.05) is 0 Å². The summed E-state index contributed by atoms with van der Waals surface area (Å²) in [7, 11) is -3.49. The molecule has 0 bridgehead atoms. The van der Waals surface area contributed by atoms with E-state index in [1.165, 1.54) is 4.31 Å². The SMILES string of the molecule is O=S(=O)(NC1(CO)CCOCC1)N1CCCCC1. The summed E-state index contributed by atoms with van der Waals surface area (Å²) in [5.74, 6) is 0. The maximum atomic E-state index is 12.3. The third-order valence-electron chi connectivity index (χ3n) is 3.75. The molecule has 6 nitrogen and oxygen atoms in total. The second-order valence-electron chi connectivity index (χ2n) is 5.12. The van der Waals surface area contributed by atoms with Crippen molar-refractivity contribution in [2.45, 2.75) is 37.6 Å². The first kappa shape index (κ1) is 14.2. The molecule has 0 atom stereocenters. The molecule has 0 amide bonds. The fraction of sp³-hybridized carbons (Fsp3) is 1.00. The highest BCUT2D eigenvalue weighted by Gasteiger charge is 2.38. The van der Waals surface area contributed by atoms with Gasteiger partial charge in [-0.3, -0.25) is 0 Å². The Hall–Kier alpha value is -0.210. The molecular formula is C11H22N2O4S. The van der Waals surface area contributed by atoms with E-state index in [2.05, 4.69) is 4.72 Å². The Balaban J connectivity index is 2.05. The Labute approximate surface area is 108 Å². The smallest absolute Gasteiger partial charge is 0.280 e. The van der Waals surface area contributed by atoms with Crippen molar-refractivity contribution in [1.82, 2.24) is 9.03 Å². The minimum Gasteiger partial charge on any atom is -0.394 e. The third-order valence-corrected chi connectivity index (χ3v) is 5.49. The predicted octanol–water partition coefficient (Wildman–Crippen LogP) is -0.152. The van der Waals surface area contributed by atoms with Gasteiger partial charge in [0.15, 0.2) is 0 Å². The molecule has 2 rings (SSSR count). The molecule has 0 aromatic carbocycles. The summed E-state index contributed by atoms with van der Waals surface area (Å²) in [5.41, 5.74) is -0.742. The van der Waals surface area contributed by atoms with E-state index >= 15 is 0 Å². The minimum atomic E-state index is -3.49. The average Bonchev–Trinajstić information content (AvgIpc) is 2.40. The molecule has 0 radical (unpaired) electrons. The number of aliphatic hydroxyl groups is 1. The summed E-state index contributed by atoms with van der Waals surface area (Å²) in [5, 5.41) is 9.50. The number of rotatable bonds is 4. The first-order valence-electron chi connectivity index (χ1n) is 6.56. The largest absolute Gasteiger partial charge is 0.394 e. The van der Waals surface area contributed by atoms with Crippen LogP contribution in [0.15, 0.2) is 0 Å². The molecule has 106 valence electrons. The van der Waals surface area contributed by atoms with Crippen LogP contribution < -0.4 is 4.72 Å². The number of piperidine rings is 1. The van der Waals surface area contributed by atoms with E-state index in [9.17, 15) is 13.5 Å². The van der Waals surface area contributed by atoms with Gasteiger partial charge < -0.3 is 9.84 Å². The van der Waals surface area contributed by atoms with Gasteiger partial charge in [0.25, 0.3) is 10.2 Å². The van der Waals surface area contributed by atoms with E-state index in [0.717, 1.165) is 19.3 Å². The summed E-state index contributed by atoms with van der Waals surface area (Å²) in [6, 6.07) is 0. The topological polar surface area (TPSA) is 78.9 Å². The standard InChI is InChI=1S/C11H22N2O4S/c14-10-11(4-8-17-9-5-11)12-18(15,16)13-6-2-1-3-7-13/h12,14H,1-10H2. The molecular weight excluding hydrogens is 256 g/mol. The molecule has 0 saturated carbocycles. The second-order valence-corrected chi connectivity index (χ2v) is 6.79. The zero-order chi connectivity index (χ0) is 13.1. The first-order chi connectivity index (χ1) is 8.58. The quantitative estimate of drug-likeness (QED) is 0.749. The van der Waals surface area contributed by atoms with E-state index in [4.69, 9.17) is 4.74 Å². The highest BCUT2D eigenvalue weighted by molar-refractivity contribution is 7.87. The second kappa shape index (κ2) is 5.83. The van der Waals surface area contributed by atoms with E-state index in [-0.39, 0.29) is 6.61 Å². The van der Waals surface area contributed by atoms with Crippen LogP contribution in [0.2, 0.25) is 0 Å². The molecule has 0 unspecified atom stereocenters. The van der Waals surface area contributed by atoms with Crippen molar-refractivity contribution < 1.29 is 18.3 Å². The lowest BCUT2D eigenvalue weighted by Crippen LogP contribution is -2.58. The van der Waals surface area contributed by atoms with Gasteiger partial charge in [-0.1, -0.05) is 6.42 Å². The third kappa shape index (κ3) is 3.21. The van der Waals surface area contributed by atoms with Crippen LogP contribution in [-0.4, -0.2) is 56.3 Å². The van der Waals surface area contributed by atoms with Crippen molar-refractivity contribution in [2.75, 3.05) is 32.9 Å². The van der Waals surface area contributed by atoms with Gasteiger partial charge in [0.1, 0.15) is 0 Å². The van der Waals surface area contributed by atoms with Gasteiger partial charge in [-0.15, -0.1) is 0 Å². The van der Waals surface area contributed by atoms with Crippen LogP contribution in [-0.2, 0) is 14.9 Å². The minimum absolute atomic E-state index is 0.177. The van der Waals surface area contributed by atoms with Crippen LogP contribution in [0, 0.1) is 0 Å². The normalized spacial score (nSPS) is 26.1. The van der Waals surface area contributed by atoms with Crippen molar-refractivity contribution in [3.05, 3.63) is 0 Å². The predicted molar refractivity (Wildman–Crippen MR) is 67.3 cm³/mol. The first-order valence-corrected chi connectivity index (χ1v) is 8.00. The summed E-state index contributed by atoms with van der Waals surface area (Å²) < 4.78 is 34.0. The molecule has 0 aromatic rings. The van der Waals surface area contributed by atoms with Crippen LogP contribution in [0.1, 0.15) is 32.1 Å². The van der Waals surface area contributed by atoms with Gasteiger partial charge in [-0.2, -0.15) is 17.4 Å². The maximum Gasteiger partial charge on any atom is 0.280 e. The molecule has 2 N–H and O–H groups in total. The van der Waals surface area contributed by atoms with Gasteiger partial charge in [-0.25, -0.2) is 0 Å². The van der Waals surface area contributed by atoms with Crippen LogP contribution in [0.5, 0.6) is 0 Å². The van der Waals surface area contributed by atoms with E-state index in [0.29, 0.717) is 39.1 Å². The molecule has 2 heterocycles. The molecule has 0 aliphatic carbocycles. The lowest BCUT2D eigenvalue weighted by atomic mass is 9.93. The van der Waals surface area contributed by atoms with Gasteiger partial charge in [0.2, 0.25) is 0 Å². The fourth-order valence-corrected chi connectivity index (χ4v) is 4.18. The Morgan fingerprint density at radius 3 is 2.33 bits per heavy atom. The van der Waals surface area contributed by atoms with E-state index < -0.39 is 15.7 Å². The molecule has 0 spiro atoms. The number of hydrogen-bond donors (Lipinski definition) is 2. The van der Waals surface area contributed by atoms with Crippen molar-refractivity contribution in [1.29, 1.82) is 0 Å². The lowest BCUT2D eigenvalue weighted by molar-refractivity contribution is 0.0215. The molecule has 0 aromatic heterocycles. The van der Waals surface area contributed by atoms with Crippen LogP contribution in [0.25, 0.3) is 0 Å². The Morgan fingerprint density at radius 2 is 1.78 bits per heavy atom. The number of aliphatic hydroxyl groups excluding tert-OH is 1. The maximum absolute atomic E-state index is 12.3. The molecule has 7 heteroatoms. The Morgan fingerprint density at radius 1 is 1.17 bits per heavy atom. The molecule has 2 saturated heterocycles. The van der Waals surface area contributed by atoms with Crippen molar-refractivity contribution in [3.63, 3.8) is 0 Å². The van der Waals surface area contributed by atoms with Crippen molar-refractivity contribution in [2.24, 2.45) is 0 Å². The molecule has 2 aliphatic rings. The van der Waals surface area contributed by atoms with Gasteiger partial charge in [0.05, 0.1) is 12.1 Å². The molecule has 18 heavy (non-hydrogen) atoms. The zero-order valence-corrected chi connectivity index (χ0v) is 11.4. The molecule has 2 fully saturated rings. The van der Waals surface area contributed by atoms with Crippen LogP contribution in [0.3, 0.4) is 0 Å². The van der Waals surface area contributed by atoms with Crippen LogP contribution >= 0.6 is 0 Å². The average molecular weight is 278 g/mol. The summed E-state index contributed by atoms with van der Waals surface area (Å²) >= 11 is 0. The van der Waals surface area contributed by atoms with Crippen LogP contribution in [0.4, 0.5) is 0 Å². The monoisotopic (exact) mass is 278 g/mol. The molecule has 2 aliphatic heterocycles. The number of nitrogens with zero attached hydrogens (tertiary/aromatic N) is 1. The summed E-state index contributed by atoms with van der Waals surface area (Å²) in [6.07, 6.45) is 3.96. The summed E-state index contributed by atoms with van der Waals surface area (Å²) in [6.45, 7) is 1.95. The van der Waals surface area contributed by atoms with Crippen molar-refractivity contribution >= 4 is 10.2 Å². The Bertz CT molecular complexity index is 359.